The lowest BCUT2D eigenvalue weighted by Crippen LogP contribution is -2.33. The average Bonchev–Trinajstić information content (AvgIpc) is 2.66. The summed E-state index contributed by atoms with van der Waals surface area (Å²) in [6.07, 6.45) is 0. The van der Waals surface area contributed by atoms with E-state index < -0.39 is 14.8 Å². The zero-order chi connectivity index (χ0) is 24.4. The molecule has 0 saturated carbocycles. The third-order valence-electron chi connectivity index (χ3n) is 5.21. The molecule has 7 nitrogen and oxygen atoms in total. The maximum absolute atomic E-state index is 12.8. The zero-order valence-corrected chi connectivity index (χ0v) is 20.8. The molecule has 0 heterocycles. The molecular weight excluding hydrogens is 426 g/mol. The minimum Gasteiger partial charge on any atom is -0.350 e. The zero-order valence-electron chi connectivity index (χ0n) is 20.0. The normalized spacial score (nSPS) is 11.9. The fourth-order valence-corrected chi connectivity index (χ4v) is 3.79. The summed E-state index contributed by atoms with van der Waals surface area (Å²) < 4.78 is 26.2. The van der Waals surface area contributed by atoms with Gasteiger partial charge in [0, 0.05) is 28.5 Å². The summed E-state index contributed by atoms with van der Waals surface area (Å²) in [5.74, 6) is -0.463. The Kier molecular flexibility index (Phi) is 7.40. The number of carbonyl (C=O) groups excluding carboxylic acids is 2. The first-order chi connectivity index (χ1) is 14.6. The average molecular weight is 460 g/mol. The minimum absolute atomic E-state index is 0.0257. The van der Waals surface area contributed by atoms with Gasteiger partial charge in [0.05, 0.1) is 4.75 Å². The highest BCUT2D eigenvalue weighted by molar-refractivity contribution is 7.94. The first-order valence-corrected chi connectivity index (χ1v) is 12.0. The highest BCUT2D eigenvalue weighted by Crippen LogP contribution is 2.28. The Bertz CT molecular complexity index is 1130. The van der Waals surface area contributed by atoms with E-state index in [0.717, 1.165) is 16.7 Å². The molecule has 0 unspecified atom stereocenters. The number of nitrogens with one attached hydrogen (secondary N) is 3. The first-order valence-electron chi connectivity index (χ1n) is 10.5. The van der Waals surface area contributed by atoms with Crippen LogP contribution in [0.3, 0.4) is 0 Å². The van der Waals surface area contributed by atoms with Gasteiger partial charge in [0.2, 0.25) is 10.0 Å². The third kappa shape index (κ3) is 5.68. The van der Waals surface area contributed by atoms with Gasteiger partial charge in [-0.1, -0.05) is 0 Å². The minimum atomic E-state index is -3.55. The lowest BCUT2D eigenvalue weighted by atomic mass is 9.96. The molecule has 0 aromatic heterocycles. The maximum atomic E-state index is 12.8. The standard InChI is InChI=1S/C24H33N3O4S/c1-14(2)25-23(29)20-13-15(3)21(17(5)16(20)4)26-22(28)18-9-11-19(12-10-18)27-32(30,31)24(6,7)8/h9-14,27H,1-8H3,(H,25,29)(H,26,28). The molecule has 2 amide bonds. The quantitative estimate of drug-likeness (QED) is 0.590. The van der Waals surface area contributed by atoms with Gasteiger partial charge in [0.1, 0.15) is 0 Å². The van der Waals surface area contributed by atoms with Crippen LogP contribution in [0.5, 0.6) is 0 Å². The molecule has 174 valence electrons. The number of aryl methyl sites for hydroxylation is 1. The molecule has 2 aromatic carbocycles. The van der Waals surface area contributed by atoms with E-state index in [2.05, 4.69) is 15.4 Å². The molecule has 0 radical (unpaired) electrons. The van der Waals surface area contributed by atoms with Crippen LogP contribution in [0, 0.1) is 20.8 Å². The van der Waals surface area contributed by atoms with Crippen molar-refractivity contribution in [3.8, 4) is 0 Å². The second kappa shape index (κ2) is 9.32. The van der Waals surface area contributed by atoms with Crippen molar-refractivity contribution < 1.29 is 18.0 Å². The Morgan fingerprint density at radius 1 is 0.906 bits per heavy atom. The summed E-state index contributed by atoms with van der Waals surface area (Å²) in [6.45, 7) is 14.2. The van der Waals surface area contributed by atoms with Crippen molar-refractivity contribution in [3.05, 3.63) is 58.1 Å². The van der Waals surface area contributed by atoms with Gasteiger partial charge in [-0.2, -0.15) is 0 Å². The van der Waals surface area contributed by atoms with E-state index in [1.807, 2.05) is 34.6 Å². The molecule has 2 aromatic rings. The summed E-state index contributed by atoms with van der Waals surface area (Å²) in [5.41, 5.74) is 4.43. The van der Waals surface area contributed by atoms with Crippen LogP contribution in [-0.4, -0.2) is 31.0 Å². The molecule has 2 rings (SSSR count). The fourth-order valence-electron chi connectivity index (χ4n) is 3.03. The fraction of sp³-hybridized carbons (Fsp3) is 0.417. The Morgan fingerprint density at radius 3 is 1.97 bits per heavy atom. The van der Waals surface area contributed by atoms with E-state index >= 15 is 0 Å². The van der Waals surface area contributed by atoms with E-state index in [4.69, 9.17) is 0 Å². The molecule has 32 heavy (non-hydrogen) atoms. The van der Waals surface area contributed by atoms with Crippen LogP contribution in [-0.2, 0) is 10.0 Å². The number of benzene rings is 2. The van der Waals surface area contributed by atoms with Crippen LogP contribution < -0.4 is 15.4 Å². The van der Waals surface area contributed by atoms with Gasteiger partial charge in [-0.3, -0.25) is 14.3 Å². The van der Waals surface area contributed by atoms with Gasteiger partial charge < -0.3 is 10.6 Å². The predicted octanol–water partition coefficient (Wildman–Crippen LogP) is 4.54. The predicted molar refractivity (Wildman–Crippen MR) is 130 cm³/mol. The molecule has 3 N–H and O–H groups in total. The van der Waals surface area contributed by atoms with Gasteiger partial charge in [0.15, 0.2) is 0 Å². The van der Waals surface area contributed by atoms with Crippen molar-refractivity contribution in [3.63, 3.8) is 0 Å². The van der Waals surface area contributed by atoms with Crippen LogP contribution in [0.25, 0.3) is 0 Å². The smallest absolute Gasteiger partial charge is 0.255 e. The highest BCUT2D eigenvalue weighted by atomic mass is 32.2. The largest absolute Gasteiger partial charge is 0.350 e. The molecule has 8 heteroatoms. The Balaban J connectivity index is 2.24. The van der Waals surface area contributed by atoms with E-state index in [0.29, 0.717) is 22.5 Å². The molecule has 0 aliphatic carbocycles. The van der Waals surface area contributed by atoms with Crippen LogP contribution in [0.4, 0.5) is 11.4 Å². The highest BCUT2D eigenvalue weighted by Gasteiger charge is 2.28. The summed E-state index contributed by atoms with van der Waals surface area (Å²) >= 11 is 0. The van der Waals surface area contributed by atoms with Gasteiger partial charge in [-0.05, 0) is 102 Å². The number of hydrogen-bond acceptors (Lipinski definition) is 4. The molecule has 0 aliphatic rings. The van der Waals surface area contributed by atoms with Gasteiger partial charge in [-0.15, -0.1) is 0 Å². The molecule has 0 spiro atoms. The Morgan fingerprint density at radius 2 is 1.47 bits per heavy atom. The maximum Gasteiger partial charge on any atom is 0.255 e. The number of sulfonamides is 1. The van der Waals surface area contributed by atoms with Crippen LogP contribution >= 0.6 is 0 Å². The number of amides is 2. The molecule has 0 fully saturated rings. The van der Waals surface area contributed by atoms with E-state index in [-0.39, 0.29) is 17.9 Å². The van der Waals surface area contributed by atoms with Gasteiger partial charge in [0.25, 0.3) is 11.8 Å². The molecule has 0 saturated heterocycles. The lowest BCUT2D eigenvalue weighted by molar-refractivity contribution is 0.0941. The van der Waals surface area contributed by atoms with Crippen molar-refractivity contribution in [2.45, 2.75) is 66.2 Å². The summed E-state index contributed by atoms with van der Waals surface area (Å²) in [4.78, 5) is 25.3. The Labute approximate surface area is 191 Å². The number of hydrogen-bond donors (Lipinski definition) is 3. The van der Waals surface area contributed by atoms with E-state index in [1.165, 1.54) is 0 Å². The number of carbonyl (C=O) groups is 2. The lowest BCUT2D eigenvalue weighted by Gasteiger charge is -2.20. The molecule has 0 aliphatic heterocycles. The van der Waals surface area contributed by atoms with Gasteiger partial charge >= 0.3 is 0 Å². The second-order valence-electron chi connectivity index (χ2n) is 9.24. The molecular formula is C24H33N3O4S. The van der Waals surface area contributed by atoms with Crippen molar-refractivity contribution >= 4 is 33.2 Å². The van der Waals surface area contributed by atoms with Crippen LogP contribution in [0.1, 0.15) is 72.0 Å². The van der Waals surface area contributed by atoms with Crippen LogP contribution in [0.2, 0.25) is 0 Å². The van der Waals surface area contributed by atoms with Crippen molar-refractivity contribution in [1.82, 2.24) is 5.32 Å². The summed E-state index contributed by atoms with van der Waals surface area (Å²) in [5, 5.41) is 5.82. The van der Waals surface area contributed by atoms with Crippen molar-refractivity contribution in [2.75, 3.05) is 10.0 Å². The van der Waals surface area contributed by atoms with Gasteiger partial charge in [-0.25, -0.2) is 8.42 Å². The third-order valence-corrected chi connectivity index (χ3v) is 7.32. The molecule has 0 bridgehead atoms. The second-order valence-corrected chi connectivity index (χ2v) is 11.7. The number of rotatable bonds is 6. The number of anilines is 2. The monoisotopic (exact) mass is 459 g/mol. The topological polar surface area (TPSA) is 104 Å². The van der Waals surface area contributed by atoms with Crippen molar-refractivity contribution in [1.29, 1.82) is 0 Å². The summed E-state index contributed by atoms with van der Waals surface area (Å²) in [6, 6.07) is 8.05. The summed E-state index contributed by atoms with van der Waals surface area (Å²) in [7, 11) is -3.55. The van der Waals surface area contributed by atoms with E-state index in [1.54, 1.807) is 51.1 Å². The Hall–Kier alpha value is -2.87. The SMILES string of the molecule is Cc1cc(C(=O)NC(C)C)c(C)c(C)c1NC(=O)c1ccc(NS(=O)(=O)C(C)(C)C)cc1. The van der Waals surface area contributed by atoms with E-state index in [9.17, 15) is 18.0 Å². The first kappa shape index (κ1) is 25.4. The van der Waals surface area contributed by atoms with Crippen LogP contribution in [0.15, 0.2) is 30.3 Å². The van der Waals surface area contributed by atoms with Crippen molar-refractivity contribution in [2.24, 2.45) is 0 Å². The molecule has 0 atom stereocenters.